The van der Waals surface area contributed by atoms with Gasteiger partial charge in [0.2, 0.25) is 5.91 Å². The second-order valence-electron chi connectivity index (χ2n) is 6.47. The van der Waals surface area contributed by atoms with Gasteiger partial charge >= 0.3 is 0 Å². The Kier molecular flexibility index (Phi) is 4.40. The van der Waals surface area contributed by atoms with Gasteiger partial charge in [-0.15, -0.1) is 0 Å². The van der Waals surface area contributed by atoms with Gasteiger partial charge < -0.3 is 5.32 Å². The van der Waals surface area contributed by atoms with E-state index in [1.54, 1.807) is 17.1 Å². The van der Waals surface area contributed by atoms with Crippen LogP contribution in [0.15, 0.2) is 30.7 Å². The second-order valence-corrected chi connectivity index (χ2v) is 6.47. The molecule has 0 aromatic carbocycles. The van der Waals surface area contributed by atoms with Crippen LogP contribution in [0.2, 0.25) is 0 Å². The SMILES string of the molecule is Cn1cc(-c2ccc(CNC(=O)CC(C)(C)C)cn2)cn1. The third-order valence-corrected chi connectivity index (χ3v) is 3.01. The molecule has 21 heavy (non-hydrogen) atoms. The van der Waals surface area contributed by atoms with Crippen molar-refractivity contribution in [1.29, 1.82) is 0 Å². The van der Waals surface area contributed by atoms with Gasteiger partial charge in [0.25, 0.3) is 0 Å². The van der Waals surface area contributed by atoms with Gasteiger partial charge in [-0.25, -0.2) is 0 Å². The number of carbonyl (C=O) groups excluding carboxylic acids is 1. The molecule has 2 aromatic heterocycles. The molecule has 0 spiro atoms. The minimum Gasteiger partial charge on any atom is -0.352 e. The summed E-state index contributed by atoms with van der Waals surface area (Å²) in [6, 6.07) is 3.93. The molecule has 0 aliphatic rings. The summed E-state index contributed by atoms with van der Waals surface area (Å²) in [4.78, 5) is 16.2. The molecular weight excluding hydrogens is 264 g/mol. The van der Waals surface area contributed by atoms with E-state index >= 15 is 0 Å². The zero-order valence-electron chi connectivity index (χ0n) is 13.1. The van der Waals surface area contributed by atoms with Gasteiger partial charge in [0.1, 0.15) is 0 Å². The van der Waals surface area contributed by atoms with Crippen molar-refractivity contribution in [3.63, 3.8) is 0 Å². The van der Waals surface area contributed by atoms with Gasteiger partial charge in [0, 0.05) is 38.0 Å². The van der Waals surface area contributed by atoms with Crippen LogP contribution < -0.4 is 5.32 Å². The molecular formula is C16H22N4O. The lowest BCUT2D eigenvalue weighted by atomic mass is 9.92. The van der Waals surface area contributed by atoms with Crippen LogP contribution in [0.3, 0.4) is 0 Å². The van der Waals surface area contributed by atoms with Crippen LogP contribution in [0.1, 0.15) is 32.8 Å². The van der Waals surface area contributed by atoms with Gasteiger partial charge in [-0.2, -0.15) is 5.10 Å². The van der Waals surface area contributed by atoms with E-state index < -0.39 is 0 Å². The highest BCUT2D eigenvalue weighted by molar-refractivity contribution is 5.76. The van der Waals surface area contributed by atoms with Crippen molar-refractivity contribution in [2.75, 3.05) is 0 Å². The average Bonchev–Trinajstić information content (AvgIpc) is 2.82. The molecule has 0 fully saturated rings. The van der Waals surface area contributed by atoms with Crippen LogP contribution in [0, 0.1) is 5.41 Å². The summed E-state index contributed by atoms with van der Waals surface area (Å²) in [5.41, 5.74) is 2.87. The smallest absolute Gasteiger partial charge is 0.220 e. The van der Waals surface area contributed by atoms with Crippen LogP contribution >= 0.6 is 0 Å². The molecule has 0 unspecified atom stereocenters. The molecule has 5 heteroatoms. The van der Waals surface area contributed by atoms with Crippen molar-refractivity contribution in [2.24, 2.45) is 12.5 Å². The molecule has 2 aromatic rings. The Labute approximate surface area is 125 Å². The first-order valence-electron chi connectivity index (χ1n) is 7.04. The molecule has 0 saturated carbocycles. The summed E-state index contributed by atoms with van der Waals surface area (Å²) in [6.07, 6.45) is 6.02. The highest BCUT2D eigenvalue weighted by atomic mass is 16.1. The van der Waals surface area contributed by atoms with E-state index in [2.05, 4.69) is 36.2 Å². The molecule has 0 aliphatic carbocycles. The van der Waals surface area contributed by atoms with Crippen LogP contribution in [-0.2, 0) is 18.4 Å². The fourth-order valence-corrected chi connectivity index (χ4v) is 2.00. The normalized spacial score (nSPS) is 11.4. The Morgan fingerprint density at radius 1 is 1.29 bits per heavy atom. The number of pyridine rings is 1. The number of nitrogens with zero attached hydrogens (tertiary/aromatic N) is 3. The molecule has 2 rings (SSSR count). The number of rotatable bonds is 4. The summed E-state index contributed by atoms with van der Waals surface area (Å²) < 4.78 is 1.75. The highest BCUT2D eigenvalue weighted by Crippen LogP contribution is 2.18. The number of aromatic nitrogens is 3. The molecule has 1 amide bonds. The fraction of sp³-hybridized carbons (Fsp3) is 0.438. The minimum atomic E-state index is 0.00645. The van der Waals surface area contributed by atoms with E-state index in [0.717, 1.165) is 16.8 Å². The highest BCUT2D eigenvalue weighted by Gasteiger charge is 2.15. The summed E-state index contributed by atoms with van der Waals surface area (Å²) in [6.45, 7) is 6.67. The zero-order valence-corrected chi connectivity index (χ0v) is 13.1. The largest absolute Gasteiger partial charge is 0.352 e. The second kappa shape index (κ2) is 6.08. The Bertz CT molecular complexity index is 608. The van der Waals surface area contributed by atoms with Gasteiger partial charge in [0.15, 0.2) is 0 Å². The third-order valence-electron chi connectivity index (χ3n) is 3.01. The molecule has 0 saturated heterocycles. The molecule has 0 bridgehead atoms. The van der Waals surface area contributed by atoms with Crippen LogP contribution in [0.4, 0.5) is 0 Å². The summed E-state index contributed by atoms with van der Waals surface area (Å²) in [5.74, 6) is 0.0684. The Hall–Kier alpha value is -2.17. The molecule has 2 heterocycles. The number of aryl methyl sites for hydroxylation is 1. The van der Waals surface area contributed by atoms with Crippen molar-refractivity contribution < 1.29 is 4.79 Å². The minimum absolute atomic E-state index is 0.00645. The zero-order chi connectivity index (χ0) is 15.5. The van der Waals surface area contributed by atoms with E-state index in [-0.39, 0.29) is 11.3 Å². The van der Waals surface area contributed by atoms with E-state index in [1.165, 1.54) is 0 Å². The van der Waals surface area contributed by atoms with Crippen LogP contribution in [0.25, 0.3) is 11.3 Å². The van der Waals surface area contributed by atoms with Crippen LogP contribution in [-0.4, -0.2) is 20.7 Å². The topological polar surface area (TPSA) is 59.8 Å². The van der Waals surface area contributed by atoms with E-state index in [0.29, 0.717) is 13.0 Å². The Morgan fingerprint density at radius 2 is 2.05 bits per heavy atom. The quantitative estimate of drug-likeness (QED) is 0.939. The van der Waals surface area contributed by atoms with Gasteiger partial charge in [-0.3, -0.25) is 14.5 Å². The predicted octanol–water partition coefficient (Wildman–Crippen LogP) is 2.53. The van der Waals surface area contributed by atoms with Crippen molar-refractivity contribution >= 4 is 5.91 Å². The van der Waals surface area contributed by atoms with E-state index in [1.807, 2.05) is 25.4 Å². The van der Waals surface area contributed by atoms with Gasteiger partial charge in [0.05, 0.1) is 11.9 Å². The first kappa shape index (κ1) is 15.2. The van der Waals surface area contributed by atoms with E-state index in [4.69, 9.17) is 0 Å². The van der Waals surface area contributed by atoms with Crippen molar-refractivity contribution in [3.8, 4) is 11.3 Å². The summed E-state index contributed by atoms with van der Waals surface area (Å²) in [7, 11) is 1.88. The number of hydrogen-bond donors (Lipinski definition) is 1. The average molecular weight is 286 g/mol. The van der Waals surface area contributed by atoms with Crippen LogP contribution in [0.5, 0.6) is 0 Å². The lowest BCUT2D eigenvalue weighted by Gasteiger charge is -2.17. The fourth-order valence-electron chi connectivity index (χ4n) is 2.00. The first-order chi connectivity index (χ1) is 9.83. The molecule has 0 radical (unpaired) electrons. The molecule has 1 N–H and O–H groups in total. The molecule has 0 aliphatic heterocycles. The Balaban J connectivity index is 1.92. The maximum Gasteiger partial charge on any atom is 0.220 e. The molecule has 5 nitrogen and oxygen atoms in total. The summed E-state index contributed by atoms with van der Waals surface area (Å²) in [5, 5.41) is 7.05. The maximum atomic E-state index is 11.8. The predicted molar refractivity (Wildman–Crippen MR) is 82.4 cm³/mol. The lowest BCUT2D eigenvalue weighted by molar-refractivity contribution is -0.122. The maximum absolute atomic E-state index is 11.8. The van der Waals surface area contributed by atoms with E-state index in [9.17, 15) is 4.79 Å². The number of carbonyl (C=O) groups is 1. The molecule has 0 atom stereocenters. The molecule has 112 valence electrons. The summed E-state index contributed by atoms with van der Waals surface area (Å²) >= 11 is 0. The standard InChI is InChI=1S/C16H22N4O/c1-16(2,3)7-15(21)18-9-12-5-6-14(17-8-12)13-10-19-20(4)11-13/h5-6,8,10-11H,7,9H2,1-4H3,(H,18,21). The monoisotopic (exact) mass is 286 g/mol. The van der Waals surface area contributed by atoms with Crippen molar-refractivity contribution in [3.05, 3.63) is 36.3 Å². The third kappa shape index (κ3) is 4.70. The number of amides is 1. The number of nitrogens with one attached hydrogen (secondary N) is 1. The van der Waals surface area contributed by atoms with Crippen molar-refractivity contribution in [1.82, 2.24) is 20.1 Å². The van der Waals surface area contributed by atoms with Crippen molar-refractivity contribution in [2.45, 2.75) is 33.7 Å². The first-order valence-corrected chi connectivity index (χ1v) is 7.04. The Morgan fingerprint density at radius 3 is 2.57 bits per heavy atom. The number of hydrogen-bond acceptors (Lipinski definition) is 3. The van der Waals surface area contributed by atoms with Gasteiger partial charge in [-0.05, 0) is 17.0 Å². The van der Waals surface area contributed by atoms with Gasteiger partial charge in [-0.1, -0.05) is 26.8 Å². The lowest BCUT2D eigenvalue weighted by Crippen LogP contribution is -2.27.